The van der Waals surface area contributed by atoms with Crippen molar-refractivity contribution >= 4 is 11.8 Å². The molecule has 2 aromatic rings. The molecule has 1 atom stereocenters. The molecule has 2 aliphatic rings. The number of fused-ring (bicyclic) bond motifs is 1. The lowest BCUT2D eigenvalue weighted by atomic mass is 9.95. The first-order valence-electron chi connectivity index (χ1n) is 9.81. The normalized spacial score (nSPS) is 19.4. The third kappa shape index (κ3) is 3.50. The van der Waals surface area contributed by atoms with E-state index in [0.717, 1.165) is 25.7 Å². The number of benzene rings is 1. The van der Waals surface area contributed by atoms with Crippen LogP contribution in [0.4, 0.5) is 0 Å². The van der Waals surface area contributed by atoms with Gasteiger partial charge in [0.15, 0.2) is 0 Å². The lowest BCUT2D eigenvalue weighted by Gasteiger charge is -2.29. The van der Waals surface area contributed by atoms with E-state index in [4.69, 9.17) is 0 Å². The van der Waals surface area contributed by atoms with Crippen molar-refractivity contribution in [2.24, 2.45) is 0 Å². The summed E-state index contributed by atoms with van der Waals surface area (Å²) in [6.45, 7) is 0.363. The van der Waals surface area contributed by atoms with Crippen LogP contribution in [0.2, 0.25) is 0 Å². The lowest BCUT2D eigenvalue weighted by molar-refractivity contribution is -0.122. The molecule has 2 N–H and O–H groups in total. The summed E-state index contributed by atoms with van der Waals surface area (Å²) in [6.07, 6.45) is 7.40. The van der Waals surface area contributed by atoms with E-state index >= 15 is 0 Å². The summed E-state index contributed by atoms with van der Waals surface area (Å²) in [5.74, 6) is 0.335. The fraction of sp³-hybridized carbons (Fsp3) is 0.429. The predicted molar refractivity (Wildman–Crippen MR) is 103 cm³/mol. The van der Waals surface area contributed by atoms with Crippen molar-refractivity contribution in [1.82, 2.24) is 20.2 Å². The van der Waals surface area contributed by atoms with Gasteiger partial charge in [0.05, 0.1) is 23.9 Å². The topological polar surface area (TPSA) is 99.8 Å². The zero-order valence-electron chi connectivity index (χ0n) is 15.6. The van der Waals surface area contributed by atoms with Crippen LogP contribution in [0.5, 0.6) is 0 Å². The standard InChI is InChI=1S/C21H23N5O2/c22-11-14-6-4-5-9-17(14)20-23-13-18-21(28)24-12-16(26(18)20)10-19(27)25-15-7-2-1-3-8-15/h4-6,9,13,15-16H,1-3,7-8,10,12H2,(H,24,28)(H,25,27). The molecule has 4 rings (SSSR count). The van der Waals surface area contributed by atoms with E-state index in [0.29, 0.717) is 29.2 Å². The molecule has 1 saturated carbocycles. The number of aromatic nitrogens is 2. The summed E-state index contributed by atoms with van der Waals surface area (Å²) in [5.41, 5.74) is 1.58. The molecule has 1 unspecified atom stereocenters. The number of hydrogen-bond donors (Lipinski definition) is 2. The van der Waals surface area contributed by atoms with Gasteiger partial charge in [0.2, 0.25) is 5.91 Å². The van der Waals surface area contributed by atoms with E-state index in [2.05, 4.69) is 21.7 Å². The van der Waals surface area contributed by atoms with Crippen molar-refractivity contribution in [2.45, 2.75) is 50.6 Å². The van der Waals surface area contributed by atoms with Gasteiger partial charge in [0, 0.05) is 24.6 Å². The molecule has 0 bridgehead atoms. The average Bonchev–Trinajstić information content (AvgIpc) is 3.17. The third-order valence-electron chi connectivity index (χ3n) is 5.57. The van der Waals surface area contributed by atoms with Crippen molar-refractivity contribution < 1.29 is 9.59 Å². The second-order valence-corrected chi connectivity index (χ2v) is 7.46. The molecular weight excluding hydrogens is 354 g/mol. The van der Waals surface area contributed by atoms with Gasteiger partial charge in [0.25, 0.3) is 5.91 Å². The van der Waals surface area contributed by atoms with Gasteiger partial charge in [-0.25, -0.2) is 4.98 Å². The highest BCUT2D eigenvalue weighted by Crippen LogP contribution is 2.30. The van der Waals surface area contributed by atoms with Crippen LogP contribution in [0, 0.1) is 11.3 Å². The van der Waals surface area contributed by atoms with Crippen molar-refractivity contribution in [1.29, 1.82) is 5.26 Å². The van der Waals surface area contributed by atoms with Crippen LogP contribution in [0.3, 0.4) is 0 Å². The largest absolute Gasteiger partial charge is 0.353 e. The summed E-state index contributed by atoms with van der Waals surface area (Å²) < 4.78 is 1.81. The lowest BCUT2D eigenvalue weighted by Crippen LogP contribution is -2.43. The highest BCUT2D eigenvalue weighted by atomic mass is 16.2. The first-order chi connectivity index (χ1) is 13.7. The quantitative estimate of drug-likeness (QED) is 0.855. The molecule has 1 aromatic heterocycles. The molecule has 28 heavy (non-hydrogen) atoms. The first kappa shape index (κ1) is 18.2. The molecule has 0 saturated heterocycles. The number of nitriles is 1. The minimum Gasteiger partial charge on any atom is -0.353 e. The Labute approximate surface area is 163 Å². The fourth-order valence-electron chi connectivity index (χ4n) is 4.18. The average molecular weight is 377 g/mol. The molecule has 7 nitrogen and oxygen atoms in total. The minimum absolute atomic E-state index is 0.00721. The second-order valence-electron chi connectivity index (χ2n) is 7.46. The van der Waals surface area contributed by atoms with Gasteiger partial charge in [-0.1, -0.05) is 31.4 Å². The van der Waals surface area contributed by atoms with E-state index < -0.39 is 0 Å². The Morgan fingerprint density at radius 1 is 1.29 bits per heavy atom. The van der Waals surface area contributed by atoms with Gasteiger partial charge in [-0.2, -0.15) is 5.26 Å². The van der Waals surface area contributed by atoms with Crippen LogP contribution in [-0.4, -0.2) is 34.0 Å². The van der Waals surface area contributed by atoms with Crippen molar-refractivity contribution in [2.75, 3.05) is 6.54 Å². The number of amides is 2. The van der Waals surface area contributed by atoms with E-state index in [9.17, 15) is 14.9 Å². The van der Waals surface area contributed by atoms with Crippen LogP contribution >= 0.6 is 0 Å². The Balaban J connectivity index is 1.61. The number of nitrogens with one attached hydrogen (secondary N) is 2. The number of hydrogen-bond acceptors (Lipinski definition) is 4. The summed E-state index contributed by atoms with van der Waals surface area (Å²) in [7, 11) is 0. The van der Waals surface area contributed by atoms with Crippen LogP contribution in [0.1, 0.15) is 60.6 Å². The van der Waals surface area contributed by atoms with Gasteiger partial charge >= 0.3 is 0 Å². The van der Waals surface area contributed by atoms with Gasteiger partial charge < -0.3 is 15.2 Å². The maximum absolute atomic E-state index is 12.7. The van der Waals surface area contributed by atoms with Gasteiger partial charge in [-0.3, -0.25) is 9.59 Å². The summed E-state index contributed by atoms with van der Waals surface area (Å²) >= 11 is 0. The molecule has 144 valence electrons. The molecule has 2 heterocycles. The number of imidazole rings is 1. The van der Waals surface area contributed by atoms with E-state index in [1.807, 2.05) is 16.7 Å². The molecule has 1 aromatic carbocycles. The Morgan fingerprint density at radius 3 is 2.86 bits per heavy atom. The second kappa shape index (κ2) is 7.85. The summed E-state index contributed by atoms with van der Waals surface area (Å²) in [5, 5.41) is 15.4. The molecule has 7 heteroatoms. The maximum Gasteiger partial charge on any atom is 0.269 e. The number of nitrogens with zero attached hydrogens (tertiary/aromatic N) is 3. The Kier molecular flexibility index (Phi) is 5.11. The SMILES string of the molecule is N#Cc1ccccc1-c1ncc2n1C(CC(=O)NC1CCCCC1)CNC2=O. The highest BCUT2D eigenvalue weighted by molar-refractivity contribution is 5.94. The van der Waals surface area contributed by atoms with Crippen LogP contribution < -0.4 is 10.6 Å². The molecule has 2 amide bonds. The first-order valence-corrected chi connectivity index (χ1v) is 9.81. The minimum atomic E-state index is -0.236. The smallest absolute Gasteiger partial charge is 0.269 e. The van der Waals surface area contributed by atoms with E-state index in [-0.39, 0.29) is 30.3 Å². The molecule has 0 spiro atoms. The Hall–Kier alpha value is -3.14. The third-order valence-corrected chi connectivity index (χ3v) is 5.57. The summed E-state index contributed by atoms with van der Waals surface area (Å²) in [4.78, 5) is 29.4. The Bertz CT molecular complexity index is 937. The van der Waals surface area contributed by atoms with Crippen molar-refractivity contribution in [3.05, 3.63) is 41.7 Å². The predicted octanol–water partition coefficient (Wildman–Crippen LogP) is 2.55. The molecular formula is C21H23N5O2. The fourth-order valence-corrected chi connectivity index (χ4v) is 4.18. The molecule has 0 radical (unpaired) electrons. The number of carbonyl (C=O) groups is 2. The van der Waals surface area contributed by atoms with Gasteiger partial charge in [0.1, 0.15) is 11.5 Å². The summed E-state index contributed by atoms with van der Waals surface area (Å²) in [6, 6.07) is 9.37. The zero-order valence-corrected chi connectivity index (χ0v) is 15.6. The molecule has 1 aliphatic carbocycles. The van der Waals surface area contributed by atoms with E-state index in [1.54, 1.807) is 12.1 Å². The van der Waals surface area contributed by atoms with Gasteiger partial charge in [-0.05, 0) is 25.0 Å². The van der Waals surface area contributed by atoms with Crippen LogP contribution in [0.15, 0.2) is 30.5 Å². The number of rotatable bonds is 4. The highest BCUT2D eigenvalue weighted by Gasteiger charge is 2.31. The van der Waals surface area contributed by atoms with Crippen LogP contribution in [0.25, 0.3) is 11.4 Å². The molecule has 1 aliphatic heterocycles. The Morgan fingerprint density at radius 2 is 2.07 bits per heavy atom. The maximum atomic E-state index is 12.7. The zero-order chi connectivity index (χ0) is 19.5. The number of carbonyl (C=O) groups excluding carboxylic acids is 2. The molecule has 1 fully saturated rings. The monoisotopic (exact) mass is 377 g/mol. The van der Waals surface area contributed by atoms with E-state index in [1.165, 1.54) is 12.6 Å². The van der Waals surface area contributed by atoms with Crippen LogP contribution in [-0.2, 0) is 4.79 Å². The van der Waals surface area contributed by atoms with Crippen molar-refractivity contribution in [3.8, 4) is 17.5 Å². The van der Waals surface area contributed by atoms with Crippen molar-refractivity contribution in [3.63, 3.8) is 0 Å². The van der Waals surface area contributed by atoms with Gasteiger partial charge in [-0.15, -0.1) is 0 Å².